The zero-order valence-corrected chi connectivity index (χ0v) is 8.06. The summed E-state index contributed by atoms with van der Waals surface area (Å²) in [7, 11) is 0. The topological polar surface area (TPSA) is 80.5 Å². The number of nitrogens with one attached hydrogen (secondary N) is 1. The Morgan fingerprint density at radius 2 is 2.43 bits per heavy atom. The van der Waals surface area contributed by atoms with E-state index in [9.17, 15) is 0 Å². The van der Waals surface area contributed by atoms with Crippen LogP contribution in [0.2, 0.25) is 0 Å². The van der Waals surface area contributed by atoms with E-state index in [0.717, 1.165) is 6.42 Å². The van der Waals surface area contributed by atoms with Crippen molar-refractivity contribution in [3.05, 3.63) is 12.2 Å². The summed E-state index contributed by atoms with van der Waals surface area (Å²) in [6.07, 6.45) is 2.38. The van der Waals surface area contributed by atoms with Crippen molar-refractivity contribution < 1.29 is 4.52 Å². The van der Waals surface area contributed by atoms with E-state index in [4.69, 9.17) is 4.52 Å². The van der Waals surface area contributed by atoms with Crippen molar-refractivity contribution in [2.24, 2.45) is 0 Å². The smallest absolute Gasteiger partial charge is 0.239 e. The molecule has 2 rings (SSSR count). The van der Waals surface area contributed by atoms with Gasteiger partial charge in [0.2, 0.25) is 11.7 Å². The number of H-pyrrole nitrogens is 1. The summed E-state index contributed by atoms with van der Waals surface area (Å²) in [5, 5.41) is 10.2. The van der Waals surface area contributed by atoms with Gasteiger partial charge >= 0.3 is 0 Å². The number of hydrogen-bond acceptors (Lipinski definition) is 5. The number of aromatic amines is 1. The van der Waals surface area contributed by atoms with Crippen LogP contribution in [0.3, 0.4) is 0 Å². The molecule has 14 heavy (non-hydrogen) atoms. The summed E-state index contributed by atoms with van der Waals surface area (Å²) >= 11 is 0. The molecule has 0 aliphatic rings. The normalized spacial score (nSPS) is 13.0. The zero-order chi connectivity index (χ0) is 9.97. The van der Waals surface area contributed by atoms with Crippen LogP contribution in [0.1, 0.15) is 32.1 Å². The predicted molar refractivity (Wildman–Crippen MR) is 48.4 cm³/mol. The zero-order valence-electron chi connectivity index (χ0n) is 8.06. The molecule has 0 radical (unpaired) electrons. The van der Waals surface area contributed by atoms with E-state index >= 15 is 0 Å². The van der Waals surface area contributed by atoms with Crippen LogP contribution in [0.25, 0.3) is 11.6 Å². The molecule has 2 aromatic heterocycles. The van der Waals surface area contributed by atoms with Crippen molar-refractivity contribution in [3.63, 3.8) is 0 Å². The molecule has 6 nitrogen and oxygen atoms in total. The molecule has 0 amide bonds. The van der Waals surface area contributed by atoms with Crippen molar-refractivity contribution >= 4 is 0 Å². The van der Waals surface area contributed by atoms with Gasteiger partial charge in [-0.2, -0.15) is 10.1 Å². The SMILES string of the molecule is CCC(C)c1nc(-c2ncn[nH]2)no1. The van der Waals surface area contributed by atoms with Crippen molar-refractivity contribution in [2.75, 3.05) is 0 Å². The van der Waals surface area contributed by atoms with Crippen molar-refractivity contribution in [2.45, 2.75) is 26.2 Å². The van der Waals surface area contributed by atoms with Gasteiger partial charge < -0.3 is 4.52 Å². The summed E-state index contributed by atoms with van der Waals surface area (Å²) in [6.45, 7) is 4.11. The molecule has 0 aromatic carbocycles. The van der Waals surface area contributed by atoms with Crippen LogP contribution in [0.4, 0.5) is 0 Å². The third-order valence-electron chi connectivity index (χ3n) is 2.10. The standard InChI is InChI=1S/C8H11N5O/c1-3-5(2)8-11-7(13-14-8)6-9-4-10-12-6/h4-5H,3H2,1-2H3,(H,9,10,12). The molecule has 0 saturated carbocycles. The molecule has 1 N–H and O–H groups in total. The maximum atomic E-state index is 5.09. The summed E-state index contributed by atoms with van der Waals surface area (Å²) in [4.78, 5) is 8.15. The van der Waals surface area contributed by atoms with Crippen LogP contribution >= 0.6 is 0 Å². The molecule has 1 atom stereocenters. The Labute approximate surface area is 80.8 Å². The number of hydrogen-bond donors (Lipinski definition) is 1. The molecule has 0 saturated heterocycles. The minimum Gasteiger partial charge on any atom is -0.339 e. The lowest BCUT2D eigenvalue weighted by molar-refractivity contribution is 0.357. The molecule has 74 valence electrons. The van der Waals surface area contributed by atoms with Crippen LogP contribution in [0.15, 0.2) is 10.9 Å². The van der Waals surface area contributed by atoms with Crippen LogP contribution in [0, 0.1) is 0 Å². The quantitative estimate of drug-likeness (QED) is 0.796. The van der Waals surface area contributed by atoms with Crippen molar-refractivity contribution in [1.82, 2.24) is 25.3 Å². The highest BCUT2D eigenvalue weighted by Crippen LogP contribution is 2.18. The first-order valence-corrected chi connectivity index (χ1v) is 4.50. The molecular weight excluding hydrogens is 182 g/mol. The average Bonchev–Trinajstić information content (AvgIpc) is 2.86. The maximum Gasteiger partial charge on any atom is 0.239 e. The van der Waals surface area contributed by atoms with E-state index in [0.29, 0.717) is 17.5 Å². The fourth-order valence-electron chi connectivity index (χ4n) is 1.02. The molecule has 0 aliphatic heterocycles. The second-order valence-corrected chi connectivity index (χ2v) is 3.10. The molecule has 2 aromatic rings. The van der Waals surface area contributed by atoms with Crippen LogP contribution in [0.5, 0.6) is 0 Å². The van der Waals surface area contributed by atoms with Crippen molar-refractivity contribution in [1.29, 1.82) is 0 Å². The van der Waals surface area contributed by atoms with Crippen LogP contribution in [-0.2, 0) is 0 Å². The van der Waals surface area contributed by atoms with E-state index in [2.05, 4.69) is 32.2 Å². The highest BCUT2D eigenvalue weighted by Gasteiger charge is 2.14. The van der Waals surface area contributed by atoms with E-state index in [-0.39, 0.29) is 5.92 Å². The average molecular weight is 193 g/mol. The second-order valence-electron chi connectivity index (χ2n) is 3.10. The molecule has 0 bridgehead atoms. The van der Waals surface area contributed by atoms with E-state index < -0.39 is 0 Å². The predicted octanol–water partition coefficient (Wildman–Crippen LogP) is 1.37. The summed E-state index contributed by atoms with van der Waals surface area (Å²) < 4.78 is 5.09. The minimum atomic E-state index is 0.277. The molecule has 0 spiro atoms. The van der Waals surface area contributed by atoms with Crippen LogP contribution < -0.4 is 0 Å². The molecule has 6 heteroatoms. The van der Waals surface area contributed by atoms with E-state index in [1.807, 2.05) is 6.92 Å². The van der Waals surface area contributed by atoms with E-state index in [1.165, 1.54) is 6.33 Å². The lowest BCUT2D eigenvalue weighted by Gasteiger charge is -1.98. The van der Waals surface area contributed by atoms with Gasteiger partial charge in [0.25, 0.3) is 0 Å². The van der Waals surface area contributed by atoms with Crippen molar-refractivity contribution in [3.8, 4) is 11.6 Å². The first-order chi connectivity index (χ1) is 6.81. The summed E-state index contributed by atoms with van der Waals surface area (Å²) in [5.41, 5.74) is 0. The number of nitrogens with zero attached hydrogens (tertiary/aromatic N) is 4. The minimum absolute atomic E-state index is 0.277. The Hall–Kier alpha value is -1.72. The third-order valence-corrected chi connectivity index (χ3v) is 2.10. The van der Waals surface area contributed by atoms with Gasteiger partial charge in [0.05, 0.1) is 0 Å². The highest BCUT2D eigenvalue weighted by atomic mass is 16.5. The molecule has 2 heterocycles. The van der Waals surface area contributed by atoms with Gasteiger partial charge in [-0.15, -0.1) is 0 Å². The Morgan fingerprint density at radius 1 is 1.57 bits per heavy atom. The Morgan fingerprint density at radius 3 is 3.07 bits per heavy atom. The fourth-order valence-corrected chi connectivity index (χ4v) is 1.02. The second kappa shape index (κ2) is 3.57. The Kier molecular flexibility index (Phi) is 2.26. The highest BCUT2D eigenvalue weighted by molar-refractivity contribution is 5.39. The molecular formula is C8H11N5O. The molecule has 0 aliphatic carbocycles. The number of aromatic nitrogens is 5. The summed E-state index contributed by atoms with van der Waals surface area (Å²) in [5.74, 6) is 1.90. The lowest BCUT2D eigenvalue weighted by Crippen LogP contribution is -1.91. The first-order valence-electron chi connectivity index (χ1n) is 4.50. The van der Waals surface area contributed by atoms with E-state index in [1.54, 1.807) is 0 Å². The molecule has 0 fully saturated rings. The maximum absolute atomic E-state index is 5.09. The van der Waals surface area contributed by atoms with Gasteiger partial charge in [0.15, 0.2) is 5.82 Å². The van der Waals surface area contributed by atoms with Gasteiger partial charge in [-0.1, -0.05) is 19.0 Å². The van der Waals surface area contributed by atoms with Gasteiger partial charge in [-0.25, -0.2) is 4.98 Å². The third kappa shape index (κ3) is 1.50. The fraction of sp³-hybridized carbons (Fsp3) is 0.500. The largest absolute Gasteiger partial charge is 0.339 e. The van der Waals surface area contributed by atoms with Gasteiger partial charge in [0.1, 0.15) is 6.33 Å². The Balaban J connectivity index is 2.26. The van der Waals surface area contributed by atoms with Gasteiger partial charge in [-0.05, 0) is 6.42 Å². The van der Waals surface area contributed by atoms with Gasteiger partial charge in [0, 0.05) is 5.92 Å². The monoisotopic (exact) mass is 193 g/mol. The first kappa shape index (κ1) is 8.86. The Bertz CT molecular complexity index is 394. The summed E-state index contributed by atoms with van der Waals surface area (Å²) in [6, 6.07) is 0. The molecule has 1 unspecified atom stereocenters. The van der Waals surface area contributed by atoms with Gasteiger partial charge in [-0.3, -0.25) is 5.10 Å². The lowest BCUT2D eigenvalue weighted by atomic mass is 10.1. The van der Waals surface area contributed by atoms with Crippen LogP contribution in [-0.4, -0.2) is 25.3 Å². The number of rotatable bonds is 3.